The first-order chi connectivity index (χ1) is 8.93. The molecule has 0 bridgehead atoms. The molecule has 0 aromatic heterocycles. The van der Waals surface area contributed by atoms with E-state index in [0.717, 1.165) is 13.0 Å². The molecule has 6 heteroatoms. The van der Waals surface area contributed by atoms with Gasteiger partial charge in [0, 0.05) is 6.04 Å². The molecule has 106 valence electrons. The third kappa shape index (κ3) is 4.75. The molecule has 1 unspecified atom stereocenters. The highest BCUT2D eigenvalue weighted by Gasteiger charge is 2.16. The average Bonchev–Trinajstić information content (AvgIpc) is 2.36. The average molecular weight is 267 g/mol. The maximum absolute atomic E-state index is 11.0. The zero-order valence-electron chi connectivity index (χ0n) is 11.8. The first-order valence-corrected chi connectivity index (χ1v) is 6.17. The molecular formula is C13H21N3O3. The molecule has 6 nitrogen and oxygen atoms in total. The van der Waals surface area contributed by atoms with Crippen LogP contribution in [0.3, 0.4) is 0 Å². The number of ether oxygens (including phenoxy) is 1. The van der Waals surface area contributed by atoms with Crippen LogP contribution in [0.15, 0.2) is 18.2 Å². The van der Waals surface area contributed by atoms with Crippen molar-refractivity contribution >= 4 is 11.4 Å². The fourth-order valence-corrected chi connectivity index (χ4v) is 1.70. The highest BCUT2D eigenvalue weighted by molar-refractivity contribution is 5.64. The number of methoxy groups -OCH3 is 1. The topological polar surface area (TPSA) is 67.6 Å². The lowest BCUT2D eigenvalue weighted by Gasteiger charge is -2.18. The Kier molecular flexibility index (Phi) is 5.57. The van der Waals surface area contributed by atoms with Gasteiger partial charge in [-0.1, -0.05) is 0 Å². The number of hydrogen-bond acceptors (Lipinski definition) is 5. The second-order valence-electron chi connectivity index (χ2n) is 4.78. The molecule has 0 fully saturated rings. The molecule has 1 aromatic carbocycles. The molecule has 19 heavy (non-hydrogen) atoms. The molecule has 0 amide bonds. The molecule has 0 spiro atoms. The Labute approximate surface area is 113 Å². The van der Waals surface area contributed by atoms with Gasteiger partial charge in [0.05, 0.1) is 18.1 Å². The zero-order valence-corrected chi connectivity index (χ0v) is 11.8. The summed E-state index contributed by atoms with van der Waals surface area (Å²) in [6, 6.07) is 4.99. The van der Waals surface area contributed by atoms with Gasteiger partial charge in [-0.2, -0.15) is 0 Å². The number of anilines is 1. The molecule has 0 saturated carbocycles. The number of benzene rings is 1. The molecule has 1 rings (SSSR count). The summed E-state index contributed by atoms with van der Waals surface area (Å²) in [5.74, 6) is 0.484. The van der Waals surface area contributed by atoms with E-state index in [1.807, 2.05) is 21.0 Å². The summed E-state index contributed by atoms with van der Waals surface area (Å²) < 4.78 is 5.01. The summed E-state index contributed by atoms with van der Waals surface area (Å²) in [4.78, 5) is 12.7. The number of nitrogens with zero attached hydrogens (tertiary/aromatic N) is 2. The van der Waals surface area contributed by atoms with Crippen molar-refractivity contribution in [2.24, 2.45) is 0 Å². The number of rotatable bonds is 7. The Morgan fingerprint density at radius 2 is 2.16 bits per heavy atom. The van der Waals surface area contributed by atoms with E-state index in [1.165, 1.54) is 13.2 Å². The van der Waals surface area contributed by atoms with E-state index in [-0.39, 0.29) is 11.7 Å². The van der Waals surface area contributed by atoms with Gasteiger partial charge in [-0.25, -0.2) is 0 Å². The van der Waals surface area contributed by atoms with Crippen molar-refractivity contribution < 1.29 is 9.66 Å². The van der Waals surface area contributed by atoms with Crippen LogP contribution in [0.2, 0.25) is 0 Å². The van der Waals surface area contributed by atoms with E-state index in [4.69, 9.17) is 4.74 Å². The van der Waals surface area contributed by atoms with Gasteiger partial charge >= 0.3 is 0 Å². The highest BCUT2D eigenvalue weighted by atomic mass is 16.6. The molecular weight excluding hydrogens is 246 g/mol. The maximum Gasteiger partial charge on any atom is 0.296 e. The lowest BCUT2D eigenvalue weighted by Crippen LogP contribution is -2.23. The van der Waals surface area contributed by atoms with Crippen LogP contribution in [0, 0.1) is 10.1 Å². The first-order valence-electron chi connectivity index (χ1n) is 6.17. The normalized spacial score (nSPS) is 12.3. The van der Waals surface area contributed by atoms with E-state index >= 15 is 0 Å². The quantitative estimate of drug-likeness (QED) is 0.606. The standard InChI is InChI=1S/C13H21N3O3/c1-10(7-8-15(2)3)14-12-6-5-11(19-4)9-13(12)16(17)18/h5-6,9-10,14H,7-8H2,1-4H3. The van der Waals surface area contributed by atoms with Crippen LogP contribution < -0.4 is 10.1 Å². The summed E-state index contributed by atoms with van der Waals surface area (Å²) in [5.41, 5.74) is 0.563. The van der Waals surface area contributed by atoms with Gasteiger partial charge in [0.25, 0.3) is 5.69 Å². The van der Waals surface area contributed by atoms with Crippen LogP contribution in [-0.2, 0) is 0 Å². The van der Waals surface area contributed by atoms with Crippen LogP contribution in [0.4, 0.5) is 11.4 Å². The molecule has 0 aliphatic rings. The third-order valence-corrected chi connectivity index (χ3v) is 2.81. The molecule has 0 radical (unpaired) electrons. The summed E-state index contributed by atoms with van der Waals surface area (Å²) >= 11 is 0. The van der Waals surface area contributed by atoms with Crippen molar-refractivity contribution in [3.63, 3.8) is 0 Å². The summed E-state index contributed by atoms with van der Waals surface area (Å²) in [6.07, 6.45) is 0.913. The van der Waals surface area contributed by atoms with E-state index in [1.54, 1.807) is 12.1 Å². The Bertz CT molecular complexity index is 435. The second-order valence-corrected chi connectivity index (χ2v) is 4.78. The Hall–Kier alpha value is -1.82. The Balaban J connectivity index is 2.79. The summed E-state index contributed by atoms with van der Waals surface area (Å²) in [6.45, 7) is 2.94. The lowest BCUT2D eigenvalue weighted by atomic mass is 10.2. The van der Waals surface area contributed by atoms with Gasteiger partial charge in [-0.05, 0) is 46.1 Å². The second kappa shape index (κ2) is 6.94. The van der Waals surface area contributed by atoms with Crippen molar-refractivity contribution in [1.29, 1.82) is 0 Å². The van der Waals surface area contributed by atoms with E-state index in [0.29, 0.717) is 11.4 Å². The molecule has 0 heterocycles. The molecule has 0 aliphatic heterocycles. The summed E-state index contributed by atoms with van der Waals surface area (Å²) in [5, 5.41) is 14.2. The van der Waals surface area contributed by atoms with Crippen molar-refractivity contribution in [2.75, 3.05) is 33.1 Å². The minimum absolute atomic E-state index is 0.0380. The largest absolute Gasteiger partial charge is 0.496 e. The summed E-state index contributed by atoms with van der Waals surface area (Å²) in [7, 11) is 5.50. The van der Waals surface area contributed by atoms with Gasteiger partial charge in [0.15, 0.2) is 0 Å². The van der Waals surface area contributed by atoms with Gasteiger partial charge in [-0.3, -0.25) is 10.1 Å². The Morgan fingerprint density at radius 3 is 2.68 bits per heavy atom. The van der Waals surface area contributed by atoms with Crippen molar-refractivity contribution in [3.8, 4) is 5.75 Å². The molecule has 1 atom stereocenters. The number of nitrogens with one attached hydrogen (secondary N) is 1. The number of hydrogen-bond donors (Lipinski definition) is 1. The van der Waals surface area contributed by atoms with Crippen LogP contribution in [0.1, 0.15) is 13.3 Å². The molecule has 0 saturated heterocycles. The minimum Gasteiger partial charge on any atom is -0.496 e. The molecule has 1 N–H and O–H groups in total. The van der Waals surface area contributed by atoms with Gasteiger partial charge in [0.2, 0.25) is 0 Å². The van der Waals surface area contributed by atoms with Crippen LogP contribution >= 0.6 is 0 Å². The zero-order chi connectivity index (χ0) is 14.4. The smallest absolute Gasteiger partial charge is 0.296 e. The van der Waals surface area contributed by atoms with Gasteiger partial charge in [-0.15, -0.1) is 0 Å². The van der Waals surface area contributed by atoms with Crippen molar-refractivity contribution in [2.45, 2.75) is 19.4 Å². The lowest BCUT2D eigenvalue weighted by molar-refractivity contribution is -0.384. The monoisotopic (exact) mass is 267 g/mol. The van der Waals surface area contributed by atoms with Crippen LogP contribution in [0.5, 0.6) is 5.75 Å². The van der Waals surface area contributed by atoms with Gasteiger partial charge in [0.1, 0.15) is 11.4 Å². The van der Waals surface area contributed by atoms with Crippen LogP contribution in [0.25, 0.3) is 0 Å². The molecule has 1 aromatic rings. The number of nitro benzene ring substituents is 1. The predicted molar refractivity (Wildman–Crippen MR) is 75.9 cm³/mol. The van der Waals surface area contributed by atoms with Gasteiger partial charge < -0.3 is 15.0 Å². The predicted octanol–water partition coefficient (Wildman–Crippen LogP) is 2.36. The third-order valence-electron chi connectivity index (χ3n) is 2.81. The van der Waals surface area contributed by atoms with Crippen LogP contribution in [-0.4, -0.2) is 43.6 Å². The Morgan fingerprint density at radius 1 is 1.47 bits per heavy atom. The SMILES string of the molecule is COc1ccc(NC(C)CCN(C)C)c([N+](=O)[O-])c1. The fourth-order valence-electron chi connectivity index (χ4n) is 1.70. The highest BCUT2D eigenvalue weighted by Crippen LogP contribution is 2.29. The van der Waals surface area contributed by atoms with E-state index in [2.05, 4.69) is 10.2 Å². The molecule has 0 aliphatic carbocycles. The van der Waals surface area contributed by atoms with Crippen molar-refractivity contribution in [1.82, 2.24) is 4.90 Å². The minimum atomic E-state index is -0.399. The van der Waals surface area contributed by atoms with E-state index < -0.39 is 4.92 Å². The first kappa shape index (κ1) is 15.2. The number of nitro groups is 1. The maximum atomic E-state index is 11.0. The van der Waals surface area contributed by atoms with Crippen molar-refractivity contribution in [3.05, 3.63) is 28.3 Å². The van der Waals surface area contributed by atoms with E-state index in [9.17, 15) is 10.1 Å². The fraction of sp³-hybridized carbons (Fsp3) is 0.538.